The van der Waals surface area contributed by atoms with Crippen LogP contribution in [0, 0.1) is 6.92 Å². The molecule has 1 aromatic heterocycles. The summed E-state index contributed by atoms with van der Waals surface area (Å²) < 4.78 is 24.0. The van der Waals surface area contributed by atoms with Gasteiger partial charge in [0.2, 0.25) is 0 Å². The van der Waals surface area contributed by atoms with Gasteiger partial charge >= 0.3 is 0 Å². The molecule has 2 heterocycles. The number of halogens is 1. The molecule has 6 nitrogen and oxygen atoms in total. The zero-order valence-electron chi connectivity index (χ0n) is 15.8. The van der Waals surface area contributed by atoms with Crippen LogP contribution in [0.5, 0.6) is 0 Å². The zero-order valence-corrected chi connectivity index (χ0v) is 18.1. The van der Waals surface area contributed by atoms with Crippen LogP contribution in [-0.2, 0) is 16.4 Å². The van der Waals surface area contributed by atoms with Crippen molar-refractivity contribution < 1.29 is 13.2 Å². The summed E-state index contributed by atoms with van der Waals surface area (Å²) >= 11 is 7.64. The second-order valence-corrected chi connectivity index (χ2v) is 10.6. The molecule has 0 N–H and O–H groups in total. The van der Waals surface area contributed by atoms with Crippen molar-refractivity contribution in [1.82, 2.24) is 14.9 Å². The highest BCUT2D eigenvalue weighted by Crippen LogP contribution is 2.25. The third-order valence-corrected chi connectivity index (χ3v) is 7.35. The fraction of sp³-hybridized carbons (Fsp3) is 0.421. The van der Waals surface area contributed by atoms with Crippen LogP contribution >= 0.6 is 23.4 Å². The van der Waals surface area contributed by atoms with Gasteiger partial charge in [0.05, 0.1) is 22.7 Å². The molecule has 0 unspecified atom stereocenters. The second kappa shape index (κ2) is 8.80. The van der Waals surface area contributed by atoms with E-state index in [2.05, 4.69) is 9.97 Å². The number of carbonyl (C=O) groups excluding carboxylic acids is 1. The van der Waals surface area contributed by atoms with Crippen LogP contribution in [0.4, 0.5) is 0 Å². The van der Waals surface area contributed by atoms with Gasteiger partial charge in [-0.05, 0) is 24.7 Å². The lowest BCUT2D eigenvalue weighted by Gasteiger charge is -2.28. The Kier molecular flexibility index (Phi) is 6.62. The molecule has 0 radical (unpaired) electrons. The van der Waals surface area contributed by atoms with Gasteiger partial charge < -0.3 is 4.90 Å². The number of hydrogen-bond acceptors (Lipinski definition) is 6. The quantitative estimate of drug-likeness (QED) is 0.507. The average Bonchev–Trinajstić information content (AvgIpc) is 3.02. The highest BCUT2D eigenvalue weighted by atomic mass is 35.5. The molecule has 150 valence electrons. The Labute approximate surface area is 174 Å². The molecule has 1 saturated heterocycles. The largest absolute Gasteiger partial charge is 0.329 e. The molecule has 0 bridgehead atoms. The molecule has 1 aliphatic rings. The first kappa shape index (κ1) is 21.1. The lowest BCUT2D eigenvalue weighted by Crippen LogP contribution is -2.41. The van der Waals surface area contributed by atoms with Crippen molar-refractivity contribution in [3.05, 3.63) is 52.3 Å². The maximum Gasteiger partial charge on any atom is 0.274 e. The van der Waals surface area contributed by atoms with Gasteiger partial charge in [0.1, 0.15) is 0 Å². The van der Waals surface area contributed by atoms with Crippen LogP contribution in [0.15, 0.2) is 35.6 Å². The molecule has 2 aromatic rings. The minimum Gasteiger partial charge on any atom is -0.329 e. The van der Waals surface area contributed by atoms with Crippen LogP contribution in [0.1, 0.15) is 35.0 Å². The maximum atomic E-state index is 13.3. The summed E-state index contributed by atoms with van der Waals surface area (Å²) in [6.07, 6.45) is 1.84. The van der Waals surface area contributed by atoms with Crippen molar-refractivity contribution in [2.24, 2.45) is 0 Å². The highest BCUT2D eigenvalue weighted by Gasteiger charge is 2.36. The topological polar surface area (TPSA) is 80.2 Å². The van der Waals surface area contributed by atoms with E-state index in [0.717, 1.165) is 16.9 Å². The van der Waals surface area contributed by atoms with Crippen molar-refractivity contribution >= 4 is 39.1 Å². The number of nitrogens with zero attached hydrogens (tertiary/aromatic N) is 3. The zero-order chi connectivity index (χ0) is 20.3. The first-order valence-corrected chi connectivity index (χ1v) is 12.2. The van der Waals surface area contributed by atoms with E-state index in [4.69, 9.17) is 11.6 Å². The molecular formula is C19H22ClN3O3S2. The highest BCUT2D eigenvalue weighted by molar-refractivity contribution is 7.99. The first-order chi connectivity index (χ1) is 13.3. The molecule has 1 aliphatic heterocycles. The van der Waals surface area contributed by atoms with Gasteiger partial charge in [0.25, 0.3) is 5.91 Å². The van der Waals surface area contributed by atoms with Crippen molar-refractivity contribution in [2.45, 2.75) is 38.0 Å². The Hall–Kier alpha value is -1.64. The van der Waals surface area contributed by atoms with Gasteiger partial charge in [0.15, 0.2) is 20.7 Å². The molecule has 0 spiro atoms. The van der Waals surface area contributed by atoms with Gasteiger partial charge in [-0.3, -0.25) is 4.79 Å². The first-order valence-electron chi connectivity index (χ1n) is 9.01. The summed E-state index contributed by atoms with van der Waals surface area (Å²) in [7, 11) is -3.15. The van der Waals surface area contributed by atoms with E-state index in [-0.39, 0.29) is 28.1 Å². The Morgan fingerprint density at radius 2 is 2.04 bits per heavy atom. The molecule has 3 rings (SSSR count). The number of amides is 1. The number of aromatic nitrogens is 2. The van der Waals surface area contributed by atoms with Gasteiger partial charge in [0, 0.05) is 12.6 Å². The van der Waals surface area contributed by atoms with E-state index in [9.17, 15) is 13.2 Å². The summed E-state index contributed by atoms with van der Waals surface area (Å²) in [5.41, 5.74) is 2.16. The van der Waals surface area contributed by atoms with Gasteiger partial charge in [-0.25, -0.2) is 18.4 Å². The predicted molar refractivity (Wildman–Crippen MR) is 112 cm³/mol. The monoisotopic (exact) mass is 439 g/mol. The Bertz CT molecular complexity index is 965. The maximum absolute atomic E-state index is 13.3. The average molecular weight is 440 g/mol. The lowest BCUT2D eigenvalue weighted by molar-refractivity contribution is 0.0674. The van der Waals surface area contributed by atoms with Crippen LogP contribution in [-0.4, -0.2) is 52.5 Å². The second-order valence-electron chi connectivity index (χ2n) is 6.76. The predicted octanol–water partition coefficient (Wildman–Crippen LogP) is 3.38. The minimum atomic E-state index is -3.15. The standard InChI is InChI=1S/C19H22ClN3O3S2/c1-3-27-19-21-10-16(20)17(22-19)18(24)23(15-8-9-28(25,26)12-15)11-14-6-4-13(2)5-7-14/h4-7,10,15H,3,8-9,11-12H2,1-2H3/t15-/m1/s1. The van der Waals surface area contributed by atoms with Crippen molar-refractivity contribution in [3.63, 3.8) is 0 Å². The summed E-state index contributed by atoms with van der Waals surface area (Å²) in [6, 6.07) is 7.43. The molecule has 1 amide bonds. The van der Waals surface area contributed by atoms with Gasteiger partial charge in [-0.15, -0.1) is 0 Å². The van der Waals surface area contributed by atoms with Crippen molar-refractivity contribution in [2.75, 3.05) is 17.3 Å². The summed E-state index contributed by atoms with van der Waals surface area (Å²) in [6.45, 7) is 4.26. The summed E-state index contributed by atoms with van der Waals surface area (Å²) in [4.78, 5) is 23.4. The van der Waals surface area contributed by atoms with Gasteiger partial charge in [-0.2, -0.15) is 0 Å². The normalized spacial score (nSPS) is 18.2. The van der Waals surface area contributed by atoms with E-state index >= 15 is 0 Å². The molecule has 0 aliphatic carbocycles. The number of benzene rings is 1. The molecule has 0 saturated carbocycles. The molecule has 9 heteroatoms. The fourth-order valence-electron chi connectivity index (χ4n) is 3.11. The Morgan fingerprint density at radius 1 is 1.32 bits per heavy atom. The molecular weight excluding hydrogens is 418 g/mol. The van der Waals surface area contributed by atoms with Crippen LogP contribution in [0.3, 0.4) is 0 Å². The smallest absolute Gasteiger partial charge is 0.274 e. The minimum absolute atomic E-state index is 0.0378. The number of hydrogen-bond donors (Lipinski definition) is 0. The molecule has 1 fully saturated rings. The fourth-order valence-corrected chi connectivity index (χ4v) is 5.56. The van der Waals surface area contributed by atoms with Crippen LogP contribution in [0.25, 0.3) is 0 Å². The Balaban J connectivity index is 1.94. The number of sulfone groups is 1. The SMILES string of the molecule is CCSc1ncc(Cl)c(C(=O)N(Cc2ccc(C)cc2)[C@@H]2CCS(=O)(=O)C2)n1. The summed E-state index contributed by atoms with van der Waals surface area (Å²) in [5.74, 6) is 0.449. The number of rotatable bonds is 6. The number of carbonyl (C=O) groups is 1. The Morgan fingerprint density at radius 3 is 2.64 bits per heavy atom. The molecule has 28 heavy (non-hydrogen) atoms. The van der Waals surface area contributed by atoms with Crippen molar-refractivity contribution in [1.29, 1.82) is 0 Å². The van der Waals surface area contributed by atoms with Gasteiger partial charge in [-0.1, -0.05) is 60.1 Å². The van der Waals surface area contributed by atoms with E-state index in [1.165, 1.54) is 18.0 Å². The number of thioether (sulfide) groups is 1. The lowest BCUT2D eigenvalue weighted by atomic mass is 10.1. The van der Waals surface area contributed by atoms with E-state index in [1.54, 1.807) is 4.90 Å². The van der Waals surface area contributed by atoms with Crippen molar-refractivity contribution in [3.8, 4) is 0 Å². The molecule has 1 aromatic carbocycles. The van der Waals surface area contributed by atoms with E-state index < -0.39 is 15.9 Å². The van der Waals surface area contributed by atoms with E-state index in [1.807, 2.05) is 38.1 Å². The third-order valence-electron chi connectivity index (χ3n) is 4.58. The van der Waals surface area contributed by atoms with Crippen LogP contribution < -0.4 is 0 Å². The summed E-state index contributed by atoms with van der Waals surface area (Å²) in [5, 5.41) is 0.643. The van der Waals surface area contributed by atoms with Crippen LogP contribution in [0.2, 0.25) is 5.02 Å². The molecule has 1 atom stereocenters. The third kappa shape index (κ3) is 5.04. The van der Waals surface area contributed by atoms with E-state index in [0.29, 0.717) is 18.1 Å². The number of aryl methyl sites for hydroxylation is 1.